The summed E-state index contributed by atoms with van der Waals surface area (Å²) >= 11 is 0. The second-order valence-corrected chi connectivity index (χ2v) is 4.35. The zero-order valence-electron chi connectivity index (χ0n) is 12.2. The molecule has 0 aliphatic rings. The van der Waals surface area contributed by atoms with Crippen LogP contribution in [0.1, 0.15) is 23.8 Å². The van der Waals surface area contributed by atoms with Crippen LogP contribution in [-0.4, -0.2) is 46.3 Å². The maximum atomic E-state index is 11.8. The lowest BCUT2D eigenvalue weighted by Crippen LogP contribution is -2.10. The van der Waals surface area contributed by atoms with Crippen LogP contribution >= 0.6 is 0 Å². The summed E-state index contributed by atoms with van der Waals surface area (Å²) in [7, 11) is 1.32. The lowest BCUT2D eigenvalue weighted by molar-refractivity contribution is 0.0594. The van der Waals surface area contributed by atoms with E-state index in [2.05, 4.69) is 15.3 Å². The van der Waals surface area contributed by atoms with Gasteiger partial charge in [-0.1, -0.05) is 12.1 Å². The first-order valence-electron chi connectivity index (χ1n) is 6.77. The van der Waals surface area contributed by atoms with Crippen molar-refractivity contribution >= 4 is 5.97 Å². The summed E-state index contributed by atoms with van der Waals surface area (Å²) in [5.74, 6) is -0.512. The van der Waals surface area contributed by atoms with Crippen molar-refractivity contribution in [2.45, 2.75) is 19.9 Å². The molecule has 0 fully saturated rings. The SMILES string of the molecule is CCCOCCn1nnc(C(=O)OC)c1-c1ccncc1. The summed E-state index contributed by atoms with van der Waals surface area (Å²) < 4.78 is 11.9. The smallest absolute Gasteiger partial charge is 0.360 e. The van der Waals surface area contributed by atoms with Crippen molar-refractivity contribution in [1.82, 2.24) is 20.0 Å². The summed E-state index contributed by atoms with van der Waals surface area (Å²) in [6.07, 6.45) is 4.27. The van der Waals surface area contributed by atoms with Crippen molar-refractivity contribution in [3.8, 4) is 11.3 Å². The third-order valence-electron chi connectivity index (χ3n) is 2.86. The quantitative estimate of drug-likeness (QED) is 0.568. The first-order chi connectivity index (χ1) is 10.3. The third-order valence-corrected chi connectivity index (χ3v) is 2.86. The van der Waals surface area contributed by atoms with E-state index in [1.54, 1.807) is 29.2 Å². The number of hydrogen-bond acceptors (Lipinski definition) is 6. The van der Waals surface area contributed by atoms with Gasteiger partial charge in [0.15, 0.2) is 5.69 Å². The Morgan fingerprint density at radius 1 is 1.29 bits per heavy atom. The molecule has 7 nitrogen and oxygen atoms in total. The summed E-state index contributed by atoms with van der Waals surface area (Å²) in [4.78, 5) is 15.8. The fraction of sp³-hybridized carbons (Fsp3) is 0.429. The Hall–Kier alpha value is -2.28. The number of methoxy groups -OCH3 is 1. The van der Waals surface area contributed by atoms with E-state index in [9.17, 15) is 4.79 Å². The van der Waals surface area contributed by atoms with Gasteiger partial charge in [-0.2, -0.15) is 0 Å². The largest absolute Gasteiger partial charge is 0.464 e. The maximum Gasteiger partial charge on any atom is 0.360 e. The van der Waals surface area contributed by atoms with Gasteiger partial charge in [0, 0.05) is 24.6 Å². The molecule has 0 aromatic carbocycles. The molecule has 0 spiro atoms. The monoisotopic (exact) mass is 290 g/mol. The molecular weight excluding hydrogens is 272 g/mol. The zero-order chi connectivity index (χ0) is 15.1. The molecule has 2 heterocycles. The molecule has 7 heteroatoms. The highest BCUT2D eigenvalue weighted by Gasteiger charge is 2.21. The molecule has 0 bridgehead atoms. The van der Waals surface area contributed by atoms with Crippen LogP contribution in [0, 0.1) is 0 Å². The zero-order valence-corrected chi connectivity index (χ0v) is 12.2. The van der Waals surface area contributed by atoms with E-state index >= 15 is 0 Å². The second-order valence-electron chi connectivity index (χ2n) is 4.35. The van der Waals surface area contributed by atoms with Crippen molar-refractivity contribution in [2.75, 3.05) is 20.3 Å². The molecule has 0 saturated carbocycles. The summed E-state index contributed by atoms with van der Waals surface area (Å²) in [5, 5.41) is 7.95. The highest BCUT2D eigenvalue weighted by atomic mass is 16.5. The maximum absolute atomic E-state index is 11.8. The van der Waals surface area contributed by atoms with Crippen molar-refractivity contribution in [1.29, 1.82) is 0 Å². The Balaban J connectivity index is 2.28. The highest BCUT2D eigenvalue weighted by molar-refractivity contribution is 5.93. The van der Waals surface area contributed by atoms with E-state index in [1.807, 2.05) is 6.92 Å². The summed E-state index contributed by atoms with van der Waals surface area (Å²) in [5.41, 5.74) is 1.62. The number of rotatable bonds is 7. The molecule has 2 rings (SSSR count). The molecule has 21 heavy (non-hydrogen) atoms. The van der Waals surface area contributed by atoms with Crippen LogP contribution in [0.25, 0.3) is 11.3 Å². The van der Waals surface area contributed by atoms with E-state index in [1.165, 1.54) is 7.11 Å². The predicted molar refractivity (Wildman–Crippen MR) is 75.7 cm³/mol. The Bertz CT molecular complexity index is 583. The van der Waals surface area contributed by atoms with Gasteiger partial charge in [-0.25, -0.2) is 9.48 Å². The van der Waals surface area contributed by atoms with Crippen molar-refractivity contribution in [3.63, 3.8) is 0 Å². The molecule has 112 valence electrons. The van der Waals surface area contributed by atoms with Crippen molar-refractivity contribution in [2.24, 2.45) is 0 Å². The first kappa shape index (κ1) is 15.1. The van der Waals surface area contributed by atoms with Gasteiger partial charge in [-0.3, -0.25) is 4.98 Å². The first-order valence-corrected chi connectivity index (χ1v) is 6.77. The van der Waals surface area contributed by atoms with E-state index in [4.69, 9.17) is 9.47 Å². The van der Waals surface area contributed by atoms with Gasteiger partial charge in [0.05, 0.1) is 20.3 Å². The predicted octanol–water partition coefficient (Wildman–Crippen LogP) is 1.55. The van der Waals surface area contributed by atoms with E-state index in [0.717, 1.165) is 12.0 Å². The molecule has 0 aliphatic carbocycles. The molecule has 0 saturated heterocycles. The molecule has 0 aliphatic heterocycles. The topological polar surface area (TPSA) is 79.1 Å². The van der Waals surface area contributed by atoms with Crippen LogP contribution in [0.5, 0.6) is 0 Å². The van der Waals surface area contributed by atoms with Crippen LogP contribution in [0.2, 0.25) is 0 Å². The number of nitrogens with zero attached hydrogens (tertiary/aromatic N) is 4. The molecule has 2 aromatic heterocycles. The number of hydrogen-bond donors (Lipinski definition) is 0. The van der Waals surface area contributed by atoms with Gasteiger partial charge < -0.3 is 9.47 Å². The molecule has 0 amide bonds. The number of esters is 1. The van der Waals surface area contributed by atoms with Crippen LogP contribution < -0.4 is 0 Å². The molecule has 2 aromatic rings. The summed E-state index contributed by atoms with van der Waals surface area (Å²) in [6, 6.07) is 3.60. The van der Waals surface area contributed by atoms with Crippen LogP contribution in [0.4, 0.5) is 0 Å². The Morgan fingerprint density at radius 3 is 2.71 bits per heavy atom. The van der Waals surface area contributed by atoms with Crippen LogP contribution in [-0.2, 0) is 16.0 Å². The fourth-order valence-electron chi connectivity index (χ4n) is 1.90. The van der Waals surface area contributed by atoms with Gasteiger partial charge in [0.2, 0.25) is 0 Å². The Morgan fingerprint density at radius 2 is 2.05 bits per heavy atom. The van der Waals surface area contributed by atoms with Gasteiger partial charge in [0.1, 0.15) is 5.69 Å². The average molecular weight is 290 g/mol. The number of pyridine rings is 1. The number of aromatic nitrogens is 4. The fourth-order valence-corrected chi connectivity index (χ4v) is 1.90. The minimum atomic E-state index is -0.512. The van der Waals surface area contributed by atoms with E-state index in [-0.39, 0.29) is 5.69 Å². The molecule has 0 unspecified atom stereocenters. The lowest BCUT2D eigenvalue weighted by atomic mass is 10.1. The standard InChI is InChI=1S/C14H18N4O3/c1-3-9-21-10-8-18-13(11-4-6-15-7-5-11)12(16-17-18)14(19)20-2/h4-7H,3,8-10H2,1-2H3. The molecular formula is C14H18N4O3. The van der Waals surface area contributed by atoms with Crippen LogP contribution in [0.3, 0.4) is 0 Å². The molecule has 0 atom stereocenters. The number of carbonyl (C=O) groups is 1. The van der Waals surface area contributed by atoms with Gasteiger partial charge >= 0.3 is 5.97 Å². The van der Waals surface area contributed by atoms with Crippen molar-refractivity contribution < 1.29 is 14.3 Å². The van der Waals surface area contributed by atoms with E-state index < -0.39 is 5.97 Å². The highest BCUT2D eigenvalue weighted by Crippen LogP contribution is 2.22. The molecule has 0 N–H and O–H groups in total. The van der Waals surface area contributed by atoms with Crippen molar-refractivity contribution in [3.05, 3.63) is 30.2 Å². The average Bonchev–Trinajstić information content (AvgIpc) is 2.95. The Kier molecular flexibility index (Phi) is 5.39. The number of carbonyl (C=O) groups excluding carboxylic acids is 1. The second kappa shape index (κ2) is 7.49. The van der Waals surface area contributed by atoms with Crippen LogP contribution in [0.15, 0.2) is 24.5 Å². The minimum Gasteiger partial charge on any atom is -0.464 e. The minimum absolute atomic E-state index is 0.194. The normalized spacial score (nSPS) is 10.6. The Labute approximate surface area is 122 Å². The summed E-state index contributed by atoms with van der Waals surface area (Å²) in [6.45, 7) is 3.77. The van der Waals surface area contributed by atoms with E-state index in [0.29, 0.717) is 25.5 Å². The lowest BCUT2D eigenvalue weighted by Gasteiger charge is -2.08. The van der Waals surface area contributed by atoms with Gasteiger partial charge in [0.25, 0.3) is 0 Å². The molecule has 0 radical (unpaired) electrons. The van der Waals surface area contributed by atoms with Gasteiger partial charge in [-0.15, -0.1) is 5.10 Å². The third kappa shape index (κ3) is 3.63. The van der Waals surface area contributed by atoms with Gasteiger partial charge in [-0.05, 0) is 18.6 Å². The number of ether oxygens (including phenoxy) is 2.